The van der Waals surface area contributed by atoms with Crippen molar-refractivity contribution in [1.29, 1.82) is 0 Å². The third-order valence-electron chi connectivity index (χ3n) is 7.58. The zero-order valence-corrected chi connectivity index (χ0v) is 25.6. The second-order valence-corrected chi connectivity index (χ2v) is 12.2. The van der Waals surface area contributed by atoms with Gasteiger partial charge in [0.25, 0.3) is 10.0 Å². The molecule has 1 fully saturated rings. The second-order valence-electron chi connectivity index (χ2n) is 10.6. The van der Waals surface area contributed by atoms with Crippen molar-refractivity contribution >= 4 is 39.4 Å². The fraction of sp³-hybridized carbons (Fsp3) is 0.267. The van der Waals surface area contributed by atoms with E-state index in [1.54, 1.807) is 0 Å². The first-order valence-corrected chi connectivity index (χ1v) is 15.4. The van der Waals surface area contributed by atoms with Crippen molar-refractivity contribution in [2.24, 2.45) is 4.99 Å². The lowest BCUT2D eigenvalue weighted by Gasteiger charge is -2.47. The molecule has 1 atom stereocenters. The number of pyridine rings is 1. The number of hydrogen-bond donors (Lipinski definition) is 2. The Morgan fingerprint density at radius 2 is 1.74 bits per heavy atom. The molecule has 2 N–H and O–H groups in total. The van der Waals surface area contributed by atoms with E-state index in [-0.39, 0.29) is 65.9 Å². The van der Waals surface area contributed by atoms with Crippen LogP contribution in [0.25, 0.3) is 11.1 Å². The van der Waals surface area contributed by atoms with E-state index in [1.165, 1.54) is 49.4 Å². The number of aliphatic imine (C=N–C) groups is 1. The van der Waals surface area contributed by atoms with Crippen LogP contribution in [-0.2, 0) is 25.3 Å². The monoisotopic (exact) mass is 678 g/mol. The number of halogens is 5. The van der Waals surface area contributed by atoms with E-state index >= 15 is 13.2 Å². The molecule has 1 aromatic heterocycles. The van der Waals surface area contributed by atoms with Gasteiger partial charge in [-0.1, -0.05) is 6.07 Å². The number of rotatable bonds is 8. The molecule has 1 amide bonds. The predicted octanol–water partition coefficient (Wildman–Crippen LogP) is 4.29. The summed E-state index contributed by atoms with van der Waals surface area (Å²) in [5.41, 5.74) is -2.89. The Morgan fingerprint density at radius 1 is 1.02 bits per heavy atom. The third-order valence-corrected chi connectivity index (χ3v) is 8.98. The molecule has 0 spiro atoms. The normalized spacial score (nSPS) is 18.5. The highest BCUT2D eigenvalue weighted by Crippen LogP contribution is 2.50. The van der Waals surface area contributed by atoms with Crippen LogP contribution in [0.2, 0.25) is 0 Å². The lowest BCUT2D eigenvalue weighted by Crippen LogP contribution is -2.62. The van der Waals surface area contributed by atoms with Crippen LogP contribution in [0.15, 0.2) is 70.7 Å². The van der Waals surface area contributed by atoms with Crippen molar-refractivity contribution < 1.29 is 44.7 Å². The largest absolute Gasteiger partial charge is 0.480 e. The minimum atomic E-state index is -4.93. The van der Waals surface area contributed by atoms with Crippen LogP contribution >= 0.6 is 0 Å². The van der Waals surface area contributed by atoms with Crippen LogP contribution in [0.5, 0.6) is 5.88 Å². The number of fused-ring (bicyclic) bond motifs is 1. The van der Waals surface area contributed by atoms with Crippen LogP contribution in [0, 0.1) is 11.6 Å². The highest BCUT2D eigenvalue weighted by atomic mass is 32.2. The van der Waals surface area contributed by atoms with E-state index in [9.17, 15) is 26.8 Å². The number of carbonyl (C=O) groups excluding carboxylic acids is 2. The number of anilines is 2. The van der Waals surface area contributed by atoms with Gasteiger partial charge in [0.05, 0.1) is 13.4 Å². The summed E-state index contributed by atoms with van der Waals surface area (Å²) in [4.78, 5) is 33.3. The molecule has 2 aliphatic rings. The number of aromatic nitrogens is 1. The number of benzene rings is 2. The fourth-order valence-corrected chi connectivity index (χ4v) is 6.45. The Morgan fingerprint density at radius 3 is 2.38 bits per heavy atom. The first kappa shape index (κ1) is 33.5. The van der Waals surface area contributed by atoms with Gasteiger partial charge >= 0.3 is 6.18 Å². The number of methoxy groups -OCH3 is 1. The number of piperazine rings is 1. The third kappa shape index (κ3) is 6.53. The highest BCUT2D eigenvalue weighted by Gasteiger charge is 2.62. The number of nitrogens with one attached hydrogen (secondary N) is 2. The molecule has 0 saturated carbocycles. The minimum absolute atomic E-state index is 0.0581. The van der Waals surface area contributed by atoms with Gasteiger partial charge < -0.3 is 15.0 Å². The summed E-state index contributed by atoms with van der Waals surface area (Å²) in [6, 6.07) is 7.31. The molecule has 11 nitrogen and oxygen atoms in total. The van der Waals surface area contributed by atoms with Gasteiger partial charge in [-0.25, -0.2) is 27.2 Å². The number of alkyl halides is 3. The van der Waals surface area contributed by atoms with Crippen molar-refractivity contribution in [3.8, 4) is 17.0 Å². The van der Waals surface area contributed by atoms with Crippen molar-refractivity contribution in [3.63, 3.8) is 0 Å². The molecule has 1 unspecified atom stereocenters. The lowest BCUT2D eigenvalue weighted by atomic mass is 9.90. The number of amides is 1. The van der Waals surface area contributed by atoms with Crippen LogP contribution in [0.4, 0.5) is 33.3 Å². The molecule has 0 aliphatic carbocycles. The molecule has 5 rings (SSSR count). The summed E-state index contributed by atoms with van der Waals surface area (Å²) in [6.07, 6.45) is -0.553. The maximum atomic E-state index is 15.2. The average Bonchev–Trinajstić information content (AvgIpc) is 3.02. The van der Waals surface area contributed by atoms with E-state index in [0.29, 0.717) is 6.07 Å². The number of carbonyl (C=O) groups is 2. The zero-order valence-electron chi connectivity index (χ0n) is 24.8. The minimum Gasteiger partial charge on any atom is -0.480 e. The summed E-state index contributed by atoms with van der Waals surface area (Å²) in [5.74, 6) is -3.40. The summed E-state index contributed by atoms with van der Waals surface area (Å²) in [6.45, 7) is 0.757. The van der Waals surface area contributed by atoms with Gasteiger partial charge in [0, 0.05) is 61.3 Å². The van der Waals surface area contributed by atoms with Gasteiger partial charge in [-0.15, -0.1) is 0 Å². The molecule has 47 heavy (non-hydrogen) atoms. The maximum Gasteiger partial charge on any atom is 0.431 e. The van der Waals surface area contributed by atoms with Crippen molar-refractivity contribution in [2.45, 2.75) is 23.7 Å². The molecule has 0 bridgehead atoms. The number of allylic oxidation sites excluding steroid dienone is 1. The van der Waals surface area contributed by atoms with Crippen molar-refractivity contribution in [1.82, 2.24) is 14.8 Å². The number of hydrogen-bond acceptors (Lipinski definition) is 9. The van der Waals surface area contributed by atoms with Gasteiger partial charge in [-0.2, -0.15) is 13.2 Å². The van der Waals surface area contributed by atoms with E-state index in [0.717, 1.165) is 35.5 Å². The van der Waals surface area contributed by atoms with E-state index < -0.39 is 44.3 Å². The van der Waals surface area contributed by atoms with E-state index in [4.69, 9.17) is 4.74 Å². The molecule has 1 saturated heterocycles. The average molecular weight is 679 g/mol. The highest BCUT2D eigenvalue weighted by molar-refractivity contribution is 7.92. The van der Waals surface area contributed by atoms with E-state index in [1.807, 2.05) is 0 Å². The van der Waals surface area contributed by atoms with Crippen LogP contribution in [-0.4, -0.2) is 80.7 Å². The van der Waals surface area contributed by atoms with Gasteiger partial charge in [0.1, 0.15) is 22.2 Å². The number of ketones is 1. The second kappa shape index (κ2) is 12.7. The van der Waals surface area contributed by atoms with E-state index in [2.05, 4.69) is 20.0 Å². The predicted molar refractivity (Wildman–Crippen MR) is 161 cm³/mol. The first-order valence-electron chi connectivity index (χ1n) is 13.9. The summed E-state index contributed by atoms with van der Waals surface area (Å²) >= 11 is 0. The zero-order chi connectivity index (χ0) is 34.1. The summed E-state index contributed by atoms with van der Waals surface area (Å²) in [7, 11) is -3.42. The molecule has 0 radical (unpaired) electrons. The van der Waals surface area contributed by atoms with Crippen LogP contribution in [0.3, 0.4) is 0 Å². The van der Waals surface area contributed by atoms with Gasteiger partial charge in [-0.3, -0.25) is 19.2 Å². The first-order chi connectivity index (χ1) is 22.2. The maximum absolute atomic E-state index is 15.2. The van der Waals surface area contributed by atoms with Gasteiger partial charge in [0.2, 0.25) is 17.5 Å². The fourth-order valence-electron chi connectivity index (χ4n) is 5.34. The molecule has 2 aliphatic heterocycles. The Bertz CT molecular complexity index is 1890. The number of sulfonamides is 1. The number of ether oxygens (including phenoxy) is 1. The van der Waals surface area contributed by atoms with Crippen LogP contribution in [0.1, 0.15) is 12.5 Å². The Kier molecular flexibility index (Phi) is 9.05. The Balaban J connectivity index is 1.51. The molecule has 17 heteroatoms. The molecule has 3 aromatic rings. The Hall–Kier alpha value is -4.90. The van der Waals surface area contributed by atoms with Crippen molar-refractivity contribution in [3.05, 3.63) is 78.0 Å². The Labute approximate surface area is 265 Å². The molecular formula is C30H27F5N6O5S. The topological polar surface area (TPSA) is 133 Å². The molecular weight excluding hydrogens is 651 g/mol. The van der Waals surface area contributed by atoms with Gasteiger partial charge in [-0.05, 0) is 48.9 Å². The quantitative estimate of drug-likeness (QED) is 0.267. The lowest BCUT2D eigenvalue weighted by molar-refractivity contribution is -0.239. The number of nitrogens with zero attached hydrogens (tertiary/aromatic N) is 4. The molecule has 2 aromatic carbocycles. The molecule has 248 valence electrons. The molecule has 3 heterocycles. The van der Waals surface area contributed by atoms with Gasteiger partial charge in [0.15, 0.2) is 5.78 Å². The standard InChI is InChI=1S/C30H27F5N6O5S/c1-18(42)3-8-27(43)40-9-11-41(12-10-40)29(30(33,34)35)22-13-19(4-6-24(22)37-17-38-29)20-14-25(28(46-2)36-16-20)39-47(44,45)26-7-5-21(31)15-23(26)32/h3-8,13-17,39H,9-12H2,1-2H3,(H,37,38)/b8-3+. The summed E-state index contributed by atoms with van der Waals surface area (Å²) < 4.78 is 106. The summed E-state index contributed by atoms with van der Waals surface area (Å²) in [5, 5.41) is 2.74. The van der Waals surface area contributed by atoms with Crippen LogP contribution < -0.4 is 14.8 Å². The SMILES string of the molecule is COc1ncc(-c2ccc3c(c2)C(N2CCN(C(=O)/C=C/C(C)=O)CC2)(C(F)(F)F)N=CN3)cc1NS(=O)(=O)c1ccc(F)cc1F. The van der Waals surface area contributed by atoms with Crippen molar-refractivity contribution in [2.75, 3.05) is 43.3 Å². The smallest absolute Gasteiger partial charge is 0.431 e.